The molecule has 0 saturated carbocycles. The monoisotopic (exact) mass is 473 g/mol. The van der Waals surface area contributed by atoms with Gasteiger partial charge >= 0.3 is 5.97 Å². The minimum Gasteiger partial charge on any atom is -0.481 e. The van der Waals surface area contributed by atoms with Crippen LogP contribution in [0.25, 0.3) is 10.4 Å². The van der Waals surface area contributed by atoms with Gasteiger partial charge < -0.3 is 14.8 Å². The maximum Gasteiger partial charge on any atom is 0.341 e. The highest BCUT2D eigenvalue weighted by atomic mass is 79.9. The van der Waals surface area contributed by atoms with E-state index in [4.69, 9.17) is 9.47 Å². The zero-order chi connectivity index (χ0) is 20.8. The number of ether oxygens (including phenoxy) is 2. The highest BCUT2D eigenvalue weighted by molar-refractivity contribution is 9.10. The summed E-state index contributed by atoms with van der Waals surface area (Å²) in [7, 11) is 0. The van der Waals surface area contributed by atoms with Gasteiger partial charge in [0, 0.05) is 9.35 Å². The second-order valence-electron chi connectivity index (χ2n) is 6.15. The predicted octanol–water partition coefficient (Wildman–Crippen LogP) is 5.76. The number of benzene rings is 2. The Morgan fingerprint density at radius 1 is 1.10 bits per heavy atom. The smallest absolute Gasteiger partial charge is 0.341 e. The molecule has 0 fully saturated rings. The number of carbonyl (C=O) groups excluding carboxylic acids is 2. The predicted molar refractivity (Wildman–Crippen MR) is 119 cm³/mol. The Labute approximate surface area is 181 Å². The maximum atomic E-state index is 12.7. The molecular formula is C22H20BrNO4S. The molecule has 0 aliphatic heterocycles. The Balaban J connectivity index is 1.81. The number of halogens is 1. The van der Waals surface area contributed by atoms with Gasteiger partial charge in [-0.15, -0.1) is 11.3 Å². The third-order valence-corrected chi connectivity index (χ3v) is 5.59. The Morgan fingerprint density at radius 3 is 2.55 bits per heavy atom. The van der Waals surface area contributed by atoms with Crippen LogP contribution < -0.4 is 10.1 Å². The summed E-state index contributed by atoms with van der Waals surface area (Å²) in [6.07, 6.45) is -0.748. The average molecular weight is 474 g/mol. The summed E-state index contributed by atoms with van der Waals surface area (Å²) < 4.78 is 11.7. The third-order valence-electron chi connectivity index (χ3n) is 4.00. The molecule has 0 unspecified atom stereocenters. The van der Waals surface area contributed by atoms with Crippen LogP contribution in [0.4, 0.5) is 5.00 Å². The zero-order valence-corrected chi connectivity index (χ0v) is 18.4. The van der Waals surface area contributed by atoms with Crippen molar-refractivity contribution >= 4 is 44.1 Å². The molecule has 150 valence electrons. The molecule has 0 spiro atoms. The van der Waals surface area contributed by atoms with Crippen molar-refractivity contribution in [2.24, 2.45) is 0 Å². The summed E-state index contributed by atoms with van der Waals surface area (Å²) in [5.41, 5.74) is 1.29. The van der Waals surface area contributed by atoms with Crippen LogP contribution in [-0.2, 0) is 9.53 Å². The number of amides is 1. The Hall–Kier alpha value is -2.64. The van der Waals surface area contributed by atoms with Crippen molar-refractivity contribution < 1.29 is 19.1 Å². The van der Waals surface area contributed by atoms with E-state index in [9.17, 15) is 9.59 Å². The molecule has 0 aliphatic rings. The third kappa shape index (κ3) is 5.46. The van der Waals surface area contributed by atoms with Crippen LogP contribution in [0.15, 0.2) is 65.1 Å². The number of anilines is 1. The normalized spacial score (nSPS) is 11.6. The first-order valence-corrected chi connectivity index (χ1v) is 10.7. The van der Waals surface area contributed by atoms with Crippen LogP contribution in [0.5, 0.6) is 5.75 Å². The molecule has 2 aromatic carbocycles. The van der Waals surface area contributed by atoms with Crippen molar-refractivity contribution in [1.82, 2.24) is 0 Å². The number of hydrogen-bond donors (Lipinski definition) is 1. The molecule has 1 amide bonds. The van der Waals surface area contributed by atoms with Gasteiger partial charge in [-0.1, -0.05) is 52.3 Å². The van der Waals surface area contributed by atoms with Gasteiger partial charge in [0.05, 0.1) is 12.2 Å². The van der Waals surface area contributed by atoms with E-state index in [2.05, 4.69) is 21.2 Å². The second-order valence-corrected chi connectivity index (χ2v) is 8.11. The maximum absolute atomic E-state index is 12.7. The lowest BCUT2D eigenvalue weighted by Crippen LogP contribution is -2.30. The van der Waals surface area contributed by atoms with E-state index in [1.807, 2.05) is 42.5 Å². The van der Waals surface area contributed by atoms with Gasteiger partial charge in [0.2, 0.25) is 0 Å². The Bertz CT molecular complexity index is 1000. The molecule has 3 rings (SSSR count). The molecule has 1 atom stereocenters. The van der Waals surface area contributed by atoms with Gasteiger partial charge in [-0.3, -0.25) is 4.79 Å². The summed E-state index contributed by atoms with van der Waals surface area (Å²) in [4.78, 5) is 25.9. The summed E-state index contributed by atoms with van der Waals surface area (Å²) in [6, 6.07) is 18.7. The largest absolute Gasteiger partial charge is 0.481 e. The molecule has 1 heterocycles. The molecule has 1 aromatic heterocycles. The van der Waals surface area contributed by atoms with Crippen molar-refractivity contribution in [3.05, 3.63) is 70.7 Å². The quantitative estimate of drug-likeness (QED) is 0.443. The summed E-state index contributed by atoms with van der Waals surface area (Å²) >= 11 is 4.70. The van der Waals surface area contributed by atoms with Crippen LogP contribution in [0.2, 0.25) is 0 Å². The van der Waals surface area contributed by atoms with Crippen LogP contribution in [0, 0.1) is 0 Å². The lowest BCUT2D eigenvalue weighted by atomic mass is 10.1. The number of rotatable bonds is 7. The first-order chi connectivity index (χ1) is 14.0. The molecule has 1 N–H and O–H groups in total. The molecule has 0 bridgehead atoms. The zero-order valence-electron chi connectivity index (χ0n) is 16.0. The molecule has 5 nitrogen and oxygen atoms in total. The molecule has 7 heteroatoms. The van der Waals surface area contributed by atoms with Crippen LogP contribution in [0.1, 0.15) is 24.2 Å². The standard InChI is InChI=1S/C22H20BrNO4S/c1-3-27-22(26)18-13-19(15-8-5-4-6-9-15)29-21(18)24-20(25)14(2)28-17-11-7-10-16(23)12-17/h4-14H,3H2,1-2H3,(H,24,25)/t14-/m1/s1. The fourth-order valence-corrected chi connectivity index (χ4v) is 4.03. The van der Waals surface area contributed by atoms with Crippen LogP contribution in [0.3, 0.4) is 0 Å². The van der Waals surface area contributed by atoms with Crippen molar-refractivity contribution in [1.29, 1.82) is 0 Å². The second kappa shape index (κ2) is 9.71. The topological polar surface area (TPSA) is 64.6 Å². The minimum absolute atomic E-state index is 0.255. The number of nitrogens with one attached hydrogen (secondary N) is 1. The van der Waals surface area contributed by atoms with E-state index in [1.165, 1.54) is 11.3 Å². The SMILES string of the molecule is CCOC(=O)c1cc(-c2ccccc2)sc1NC(=O)[C@@H](C)Oc1cccc(Br)c1. The summed E-state index contributed by atoms with van der Waals surface area (Å²) in [5, 5.41) is 3.26. The van der Waals surface area contributed by atoms with Crippen molar-refractivity contribution in [3.8, 4) is 16.2 Å². The molecular weight excluding hydrogens is 454 g/mol. The van der Waals surface area contributed by atoms with Gasteiger partial charge in [-0.05, 0) is 43.7 Å². The molecule has 29 heavy (non-hydrogen) atoms. The fraction of sp³-hybridized carbons (Fsp3) is 0.182. The number of carbonyl (C=O) groups is 2. The molecule has 0 saturated heterocycles. The lowest BCUT2D eigenvalue weighted by Gasteiger charge is -2.15. The molecule has 3 aromatic rings. The number of hydrogen-bond acceptors (Lipinski definition) is 5. The summed E-state index contributed by atoms with van der Waals surface area (Å²) in [5.74, 6) is -0.248. The Kier molecular flexibility index (Phi) is 7.06. The van der Waals surface area contributed by atoms with E-state index < -0.39 is 12.1 Å². The van der Waals surface area contributed by atoms with Gasteiger partial charge in [0.25, 0.3) is 5.91 Å². The van der Waals surface area contributed by atoms with Gasteiger partial charge in [-0.2, -0.15) is 0 Å². The van der Waals surface area contributed by atoms with E-state index in [-0.39, 0.29) is 12.5 Å². The number of thiophene rings is 1. The summed E-state index contributed by atoms with van der Waals surface area (Å²) in [6.45, 7) is 3.66. The van der Waals surface area contributed by atoms with E-state index >= 15 is 0 Å². The van der Waals surface area contributed by atoms with E-state index in [0.717, 1.165) is 14.9 Å². The Morgan fingerprint density at radius 2 is 1.86 bits per heavy atom. The highest BCUT2D eigenvalue weighted by Gasteiger charge is 2.22. The van der Waals surface area contributed by atoms with Crippen LogP contribution >= 0.6 is 27.3 Å². The number of esters is 1. The van der Waals surface area contributed by atoms with Gasteiger partial charge in [0.15, 0.2) is 6.10 Å². The average Bonchev–Trinajstić information content (AvgIpc) is 3.13. The van der Waals surface area contributed by atoms with E-state index in [0.29, 0.717) is 16.3 Å². The first-order valence-electron chi connectivity index (χ1n) is 9.07. The van der Waals surface area contributed by atoms with Crippen molar-refractivity contribution in [2.45, 2.75) is 20.0 Å². The van der Waals surface area contributed by atoms with Gasteiger partial charge in [-0.25, -0.2) is 4.79 Å². The molecule has 0 radical (unpaired) electrons. The van der Waals surface area contributed by atoms with Crippen LogP contribution in [-0.4, -0.2) is 24.6 Å². The lowest BCUT2D eigenvalue weighted by molar-refractivity contribution is -0.122. The fourth-order valence-electron chi connectivity index (χ4n) is 2.60. The van der Waals surface area contributed by atoms with E-state index in [1.54, 1.807) is 32.0 Å². The highest BCUT2D eigenvalue weighted by Crippen LogP contribution is 2.36. The molecule has 0 aliphatic carbocycles. The van der Waals surface area contributed by atoms with Crippen molar-refractivity contribution in [3.63, 3.8) is 0 Å². The minimum atomic E-state index is -0.748. The van der Waals surface area contributed by atoms with Gasteiger partial charge in [0.1, 0.15) is 10.8 Å². The first kappa shape index (κ1) is 21.1. The van der Waals surface area contributed by atoms with Crippen molar-refractivity contribution in [2.75, 3.05) is 11.9 Å².